The van der Waals surface area contributed by atoms with E-state index in [1.807, 2.05) is 0 Å². The lowest BCUT2D eigenvalue weighted by Crippen LogP contribution is -2.31. The highest BCUT2D eigenvalue weighted by molar-refractivity contribution is 6.31. The molecule has 0 aliphatic carbocycles. The second kappa shape index (κ2) is 4.22. The fourth-order valence-electron chi connectivity index (χ4n) is 1.80. The minimum atomic E-state index is -0.189. The fourth-order valence-corrected chi connectivity index (χ4v) is 1.97. The molecule has 1 heterocycles. The molecule has 1 unspecified atom stereocenters. The van der Waals surface area contributed by atoms with Crippen molar-refractivity contribution in [2.24, 2.45) is 0 Å². The first-order chi connectivity index (χ1) is 7.58. The molecule has 2 rings (SSSR count). The second-order valence-corrected chi connectivity index (χ2v) is 4.41. The maximum Gasteiger partial charge on any atom is 0.244 e. The van der Waals surface area contributed by atoms with Gasteiger partial charge in [0.05, 0.1) is 11.4 Å². The Morgan fingerprint density at radius 2 is 2.31 bits per heavy atom. The third-order valence-electron chi connectivity index (χ3n) is 2.77. The van der Waals surface area contributed by atoms with Crippen molar-refractivity contribution in [1.29, 1.82) is 0 Å². The first-order valence-electron chi connectivity index (χ1n) is 5.14. The molecule has 0 radical (unpaired) electrons. The molecule has 86 valence electrons. The minimum absolute atomic E-state index is 0.0966. The largest absolute Gasteiger partial charge is 0.397 e. The van der Waals surface area contributed by atoms with Gasteiger partial charge >= 0.3 is 0 Å². The summed E-state index contributed by atoms with van der Waals surface area (Å²) in [5, 5.41) is 3.74. The molecule has 0 spiro atoms. The van der Waals surface area contributed by atoms with E-state index in [4.69, 9.17) is 17.3 Å². The number of nitrogens with zero attached hydrogens (tertiary/aromatic N) is 1. The summed E-state index contributed by atoms with van der Waals surface area (Å²) in [7, 11) is 1.80. The zero-order chi connectivity index (χ0) is 11.7. The number of anilines is 2. The lowest BCUT2D eigenvalue weighted by molar-refractivity contribution is -0.127. The molecule has 1 saturated heterocycles. The molecule has 1 aromatic rings. The number of likely N-dealkylation sites (N-methyl/N-ethyl adjacent to an activating group) is 1. The number of halogens is 1. The van der Waals surface area contributed by atoms with Gasteiger partial charge in [0.1, 0.15) is 6.04 Å². The SMILES string of the molecule is CN1CCC(Nc2cc(Cl)ccc2N)C1=O. The van der Waals surface area contributed by atoms with E-state index in [-0.39, 0.29) is 11.9 Å². The number of carbonyl (C=O) groups excluding carboxylic acids is 1. The summed E-state index contributed by atoms with van der Waals surface area (Å²) in [4.78, 5) is 13.4. The van der Waals surface area contributed by atoms with Crippen LogP contribution in [-0.4, -0.2) is 30.4 Å². The number of nitrogen functional groups attached to an aromatic ring is 1. The summed E-state index contributed by atoms with van der Waals surface area (Å²) in [6.45, 7) is 0.775. The summed E-state index contributed by atoms with van der Waals surface area (Å²) < 4.78 is 0. The predicted molar refractivity (Wildman–Crippen MR) is 65.5 cm³/mol. The Hall–Kier alpha value is -1.42. The molecule has 1 atom stereocenters. The molecule has 16 heavy (non-hydrogen) atoms. The van der Waals surface area contributed by atoms with Crippen molar-refractivity contribution in [2.45, 2.75) is 12.5 Å². The number of carbonyl (C=O) groups is 1. The lowest BCUT2D eigenvalue weighted by atomic mass is 10.2. The molecular formula is C11H14ClN3O. The van der Waals surface area contributed by atoms with Crippen molar-refractivity contribution in [1.82, 2.24) is 4.90 Å². The molecule has 1 fully saturated rings. The Balaban J connectivity index is 2.15. The number of likely N-dealkylation sites (tertiary alicyclic amines) is 1. The number of nitrogens with one attached hydrogen (secondary N) is 1. The number of nitrogens with two attached hydrogens (primary N) is 1. The number of hydrogen-bond donors (Lipinski definition) is 2. The smallest absolute Gasteiger partial charge is 0.244 e. The third kappa shape index (κ3) is 2.07. The highest BCUT2D eigenvalue weighted by Crippen LogP contribution is 2.25. The fraction of sp³-hybridized carbons (Fsp3) is 0.364. The first-order valence-corrected chi connectivity index (χ1v) is 5.52. The van der Waals surface area contributed by atoms with Gasteiger partial charge in [-0.15, -0.1) is 0 Å². The van der Waals surface area contributed by atoms with Crippen LogP contribution in [0.1, 0.15) is 6.42 Å². The van der Waals surface area contributed by atoms with Crippen LogP contribution in [0.15, 0.2) is 18.2 Å². The van der Waals surface area contributed by atoms with Crippen molar-refractivity contribution < 1.29 is 4.79 Å². The van der Waals surface area contributed by atoms with E-state index in [0.29, 0.717) is 10.7 Å². The number of benzene rings is 1. The van der Waals surface area contributed by atoms with E-state index in [1.54, 1.807) is 30.1 Å². The maximum absolute atomic E-state index is 11.7. The van der Waals surface area contributed by atoms with Crippen LogP contribution in [-0.2, 0) is 4.79 Å². The molecule has 1 aromatic carbocycles. The Morgan fingerprint density at radius 1 is 1.56 bits per heavy atom. The molecule has 0 saturated carbocycles. The van der Waals surface area contributed by atoms with Crippen molar-refractivity contribution in [3.8, 4) is 0 Å². The van der Waals surface area contributed by atoms with E-state index in [2.05, 4.69) is 5.32 Å². The van der Waals surface area contributed by atoms with Gasteiger partial charge in [0, 0.05) is 18.6 Å². The van der Waals surface area contributed by atoms with E-state index >= 15 is 0 Å². The normalized spacial score (nSPS) is 20.2. The molecule has 5 heteroatoms. The summed E-state index contributed by atoms with van der Waals surface area (Å²) in [5.41, 5.74) is 7.13. The van der Waals surface area contributed by atoms with Crippen LogP contribution < -0.4 is 11.1 Å². The molecule has 1 amide bonds. The molecule has 0 aromatic heterocycles. The quantitative estimate of drug-likeness (QED) is 0.771. The topological polar surface area (TPSA) is 58.4 Å². The van der Waals surface area contributed by atoms with Gasteiger partial charge in [0.2, 0.25) is 5.91 Å². The van der Waals surface area contributed by atoms with Crippen LogP contribution in [0.3, 0.4) is 0 Å². The van der Waals surface area contributed by atoms with Gasteiger partial charge in [-0.2, -0.15) is 0 Å². The van der Waals surface area contributed by atoms with E-state index in [1.165, 1.54) is 0 Å². The van der Waals surface area contributed by atoms with Gasteiger partial charge in [0.25, 0.3) is 0 Å². The van der Waals surface area contributed by atoms with Crippen molar-refractivity contribution in [3.63, 3.8) is 0 Å². The van der Waals surface area contributed by atoms with Crippen molar-refractivity contribution in [2.75, 3.05) is 24.6 Å². The number of hydrogen-bond acceptors (Lipinski definition) is 3. The standard InChI is InChI=1S/C11H14ClN3O/c1-15-5-4-9(11(15)16)14-10-6-7(12)2-3-8(10)13/h2-3,6,9,14H,4-5,13H2,1H3. The Labute approximate surface area is 99.4 Å². The van der Waals surface area contributed by atoms with E-state index in [9.17, 15) is 4.79 Å². The minimum Gasteiger partial charge on any atom is -0.397 e. The Morgan fingerprint density at radius 3 is 2.94 bits per heavy atom. The van der Waals surface area contributed by atoms with Crippen LogP contribution in [0.5, 0.6) is 0 Å². The summed E-state index contributed by atoms with van der Waals surface area (Å²) in [5.74, 6) is 0.0966. The van der Waals surface area contributed by atoms with E-state index in [0.717, 1.165) is 18.7 Å². The molecule has 1 aliphatic rings. The summed E-state index contributed by atoms with van der Waals surface area (Å²) in [6, 6.07) is 5.01. The zero-order valence-electron chi connectivity index (χ0n) is 9.03. The van der Waals surface area contributed by atoms with Gasteiger partial charge in [-0.3, -0.25) is 4.79 Å². The number of amides is 1. The third-order valence-corrected chi connectivity index (χ3v) is 3.01. The van der Waals surface area contributed by atoms with Crippen LogP contribution in [0.2, 0.25) is 5.02 Å². The second-order valence-electron chi connectivity index (χ2n) is 3.98. The molecule has 4 nitrogen and oxygen atoms in total. The van der Waals surface area contributed by atoms with Crippen LogP contribution >= 0.6 is 11.6 Å². The van der Waals surface area contributed by atoms with Crippen molar-refractivity contribution in [3.05, 3.63) is 23.2 Å². The monoisotopic (exact) mass is 239 g/mol. The van der Waals surface area contributed by atoms with Gasteiger partial charge in [-0.25, -0.2) is 0 Å². The lowest BCUT2D eigenvalue weighted by Gasteiger charge is -2.15. The van der Waals surface area contributed by atoms with Gasteiger partial charge < -0.3 is 16.0 Å². The van der Waals surface area contributed by atoms with Crippen LogP contribution in [0.25, 0.3) is 0 Å². The molecular weight excluding hydrogens is 226 g/mol. The summed E-state index contributed by atoms with van der Waals surface area (Å²) >= 11 is 5.88. The summed E-state index contributed by atoms with van der Waals surface area (Å²) in [6.07, 6.45) is 0.793. The van der Waals surface area contributed by atoms with Gasteiger partial charge in [-0.1, -0.05) is 11.6 Å². The van der Waals surface area contributed by atoms with Crippen LogP contribution in [0, 0.1) is 0 Å². The highest BCUT2D eigenvalue weighted by atomic mass is 35.5. The molecule has 1 aliphatic heterocycles. The van der Waals surface area contributed by atoms with E-state index < -0.39 is 0 Å². The van der Waals surface area contributed by atoms with Crippen LogP contribution in [0.4, 0.5) is 11.4 Å². The first kappa shape index (κ1) is 11.1. The predicted octanol–water partition coefficient (Wildman–Crippen LogP) is 1.56. The number of rotatable bonds is 2. The van der Waals surface area contributed by atoms with Gasteiger partial charge in [-0.05, 0) is 24.6 Å². The average Bonchev–Trinajstić information content (AvgIpc) is 2.55. The Bertz CT molecular complexity index is 422. The Kier molecular flexibility index (Phi) is 2.92. The molecule has 3 N–H and O–H groups in total. The van der Waals surface area contributed by atoms with Crippen molar-refractivity contribution >= 4 is 28.9 Å². The highest BCUT2D eigenvalue weighted by Gasteiger charge is 2.29. The zero-order valence-corrected chi connectivity index (χ0v) is 9.79. The molecule has 0 bridgehead atoms. The van der Waals surface area contributed by atoms with Gasteiger partial charge in [0.15, 0.2) is 0 Å². The average molecular weight is 240 g/mol. The maximum atomic E-state index is 11.7.